The summed E-state index contributed by atoms with van der Waals surface area (Å²) < 4.78 is 26.3. The molecule has 0 aromatic heterocycles. The predicted octanol–water partition coefficient (Wildman–Crippen LogP) is 1.07. The molecule has 6 heteroatoms. The minimum Gasteiger partial charge on any atom is -0.342 e. The van der Waals surface area contributed by atoms with Crippen LogP contribution in [0.5, 0.6) is 0 Å². The van der Waals surface area contributed by atoms with Gasteiger partial charge in [-0.15, -0.1) is 0 Å². The highest BCUT2D eigenvalue weighted by molar-refractivity contribution is 7.88. The fourth-order valence-corrected chi connectivity index (χ4v) is 3.93. The van der Waals surface area contributed by atoms with Gasteiger partial charge in [0.1, 0.15) is 0 Å². The Morgan fingerprint density at radius 3 is 2.45 bits per heavy atom. The molecule has 1 aromatic rings. The lowest BCUT2D eigenvalue weighted by Crippen LogP contribution is -2.37. The van der Waals surface area contributed by atoms with Crippen LogP contribution in [0.25, 0.3) is 0 Å². The average molecular weight is 296 g/mol. The summed E-state index contributed by atoms with van der Waals surface area (Å²) in [4.78, 5) is 13.1. The molecule has 0 radical (unpaired) electrons. The van der Waals surface area contributed by atoms with Crippen LogP contribution in [0.2, 0.25) is 0 Å². The average Bonchev–Trinajstić information content (AvgIpc) is 2.65. The molecule has 0 bridgehead atoms. The van der Waals surface area contributed by atoms with Crippen molar-refractivity contribution in [3.8, 4) is 0 Å². The van der Waals surface area contributed by atoms with E-state index in [1.54, 1.807) is 4.90 Å². The van der Waals surface area contributed by atoms with E-state index in [-0.39, 0.29) is 11.7 Å². The third kappa shape index (κ3) is 3.80. The van der Waals surface area contributed by atoms with Crippen LogP contribution in [0.3, 0.4) is 0 Å². The van der Waals surface area contributed by atoms with E-state index in [0.717, 1.165) is 5.56 Å². The Bertz CT molecular complexity index is 557. The van der Waals surface area contributed by atoms with Gasteiger partial charge in [0.05, 0.1) is 5.75 Å². The summed E-state index contributed by atoms with van der Waals surface area (Å²) in [6.07, 6.45) is 0.688. The second-order valence-corrected chi connectivity index (χ2v) is 6.97. The van der Waals surface area contributed by atoms with Crippen LogP contribution in [0.15, 0.2) is 30.3 Å². The first-order valence-corrected chi connectivity index (χ1v) is 8.37. The standard InChI is InChI=1S/C14H20N2O3S/c1-13(17)15-8-5-9-16(11-10-15)20(18,19)12-14-6-3-2-4-7-14/h2-4,6-7H,5,8-12H2,1H3. The van der Waals surface area contributed by atoms with E-state index >= 15 is 0 Å². The van der Waals surface area contributed by atoms with Crippen LogP contribution in [0, 0.1) is 0 Å². The van der Waals surface area contributed by atoms with Crippen molar-refractivity contribution < 1.29 is 13.2 Å². The normalized spacial score (nSPS) is 17.8. The molecule has 0 aliphatic carbocycles. The van der Waals surface area contributed by atoms with Gasteiger partial charge in [-0.25, -0.2) is 8.42 Å². The smallest absolute Gasteiger partial charge is 0.219 e. The third-order valence-electron chi connectivity index (χ3n) is 3.49. The molecular formula is C14H20N2O3S. The first-order valence-electron chi connectivity index (χ1n) is 6.76. The van der Waals surface area contributed by atoms with E-state index in [1.165, 1.54) is 11.2 Å². The molecular weight excluding hydrogens is 276 g/mol. The molecule has 1 aliphatic heterocycles. The van der Waals surface area contributed by atoms with Gasteiger partial charge < -0.3 is 4.90 Å². The van der Waals surface area contributed by atoms with Crippen molar-refractivity contribution in [2.75, 3.05) is 26.2 Å². The van der Waals surface area contributed by atoms with Gasteiger partial charge in [-0.1, -0.05) is 30.3 Å². The number of amides is 1. The number of sulfonamides is 1. The van der Waals surface area contributed by atoms with Gasteiger partial charge >= 0.3 is 0 Å². The summed E-state index contributed by atoms with van der Waals surface area (Å²) in [6, 6.07) is 9.18. The Morgan fingerprint density at radius 1 is 1.10 bits per heavy atom. The molecule has 0 atom stereocenters. The van der Waals surface area contributed by atoms with Crippen LogP contribution >= 0.6 is 0 Å². The van der Waals surface area contributed by atoms with E-state index in [0.29, 0.717) is 32.6 Å². The van der Waals surface area contributed by atoms with Crippen LogP contribution in [0.1, 0.15) is 18.9 Å². The number of hydrogen-bond donors (Lipinski definition) is 0. The summed E-state index contributed by atoms with van der Waals surface area (Å²) in [5.74, 6) is 0.0285. The highest BCUT2D eigenvalue weighted by Crippen LogP contribution is 2.13. The Morgan fingerprint density at radius 2 is 1.80 bits per heavy atom. The molecule has 2 rings (SSSR count). The third-order valence-corrected chi connectivity index (χ3v) is 5.34. The number of benzene rings is 1. The second kappa shape index (κ2) is 6.37. The second-order valence-electron chi connectivity index (χ2n) is 5.00. The van der Waals surface area contributed by atoms with Gasteiger partial charge in [0.2, 0.25) is 15.9 Å². The minimum atomic E-state index is -3.31. The number of carbonyl (C=O) groups excluding carboxylic acids is 1. The molecule has 5 nitrogen and oxygen atoms in total. The number of rotatable bonds is 3. The van der Waals surface area contributed by atoms with E-state index in [2.05, 4.69) is 0 Å². The van der Waals surface area contributed by atoms with Crippen LogP contribution in [-0.2, 0) is 20.6 Å². The summed E-state index contributed by atoms with van der Waals surface area (Å²) in [7, 11) is -3.31. The molecule has 0 N–H and O–H groups in total. The zero-order valence-electron chi connectivity index (χ0n) is 11.7. The van der Waals surface area contributed by atoms with E-state index in [1.807, 2.05) is 30.3 Å². The maximum absolute atomic E-state index is 12.4. The Balaban J connectivity index is 2.04. The van der Waals surface area contributed by atoms with Crippen molar-refractivity contribution >= 4 is 15.9 Å². The molecule has 0 spiro atoms. The zero-order chi connectivity index (χ0) is 14.6. The molecule has 1 aromatic carbocycles. The lowest BCUT2D eigenvalue weighted by molar-refractivity contribution is -0.128. The topological polar surface area (TPSA) is 57.7 Å². The molecule has 0 unspecified atom stereocenters. The van der Waals surface area contributed by atoms with Crippen molar-refractivity contribution in [1.82, 2.24) is 9.21 Å². The van der Waals surface area contributed by atoms with Gasteiger partial charge in [0.15, 0.2) is 0 Å². The van der Waals surface area contributed by atoms with Crippen molar-refractivity contribution in [3.63, 3.8) is 0 Å². The molecule has 20 heavy (non-hydrogen) atoms. The Hall–Kier alpha value is -1.40. The molecule has 0 saturated carbocycles. The van der Waals surface area contributed by atoms with Gasteiger partial charge in [-0.2, -0.15) is 4.31 Å². The quantitative estimate of drug-likeness (QED) is 0.838. The lowest BCUT2D eigenvalue weighted by Gasteiger charge is -2.21. The number of carbonyl (C=O) groups is 1. The molecule has 1 heterocycles. The Kier molecular flexibility index (Phi) is 4.77. The summed E-state index contributed by atoms with van der Waals surface area (Å²) in [5.41, 5.74) is 0.792. The van der Waals surface area contributed by atoms with Crippen LogP contribution in [0.4, 0.5) is 0 Å². The highest BCUT2D eigenvalue weighted by Gasteiger charge is 2.25. The van der Waals surface area contributed by atoms with E-state index < -0.39 is 10.0 Å². The number of nitrogens with zero attached hydrogens (tertiary/aromatic N) is 2. The van der Waals surface area contributed by atoms with Crippen molar-refractivity contribution in [2.24, 2.45) is 0 Å². The highest BCUT2D eigenvalue weighted by atomic mass is 32.2. The fourth-order valence-electron chi connectivity index (χ4n) is 2.36. The Labute approximate surface area is 120 Å². The fraction of sp³-hybridized carbons (Fsp3) is 0.500. The first kappa shape index (κ1) is 15.0. The van der Waals surface area contributed by atoms with E-state index in [4.69, 9.17) is 0 Å². The van der Waals surface area contributed by atoms with Crippen LogP contribution in [-0.4, -0.2) is 49.7 Å². The van der Waals surface area contributed by atoms with Gasteiger partial charge in [-0.3, -0.25) is 4.79 Å². The SMILES string of the molecule is CC(=O)N1CCCN(S(=O)(=O)Cc2ccccc2)CC1. The van der Waals surface area contributed by atoms with Crippen LogP contribution < -0.4 is 0 Å². The lowest BCUT2D eigenvalue weighted by atomic mass is 10.2. The van der Waals surface area contributed by atoms with Crippen molar-refractivity contribution in [1.29, 1.82) is 0 Å². The first-order chi connectivity index (χ1) is 9.49. The largest absolute Gasteiger partial charge is 0.342 e. The van der Waals surface area contributed by atoms with E-state index in [9.17, 15) is 13.2 Å². The maximum Gasteiger partial charge on any atom is 0.219 e. The zero-order valence-corrected chi connectivity index (χ0v) is 12.5. The van der Waals surface area contributed by atoms with Gasteiger partial charge in [0.25, 0.3) is 0 Å². The maximum atomic E-state index is 12.4. The van der Waals surface area contributed by atoms with Gasteiger partial charge in [0, 0.05) is 33.1 Å². The number of hydrogen-bond acceptors (Lipinski definition) is 3. The van der Waals surface area contributed by atoms with Gasteiger partial charge in [-0.05, 0) is 12.0 Å². The van der Waals surface area contributed by atoms with Crippen molar-refractivity contribution in [2.45, 2.75) is 19.1 Å². The molecule has 110 valence electrons. The summed E-state index contributed by atoms with van der Waals surface area (Å²) in [5, 5.41) is 0. The summed E-state index contributed by atoms with van der Waals surface area (Å²) >= 11 is 0. The monoisotopic (exact) mass is 296 g/mol. The van der Waals surface area contributed by atoms with Crippen molar-refractivity contribution in [3.05, 3.63) is 35.9 Å². The summed E-state index contributed by atoms with van der Waals surface area (Å²) in [6.45, 7) is 3.50. The molecule has 1 fully saturated rings. The predicted molar refractivity (Wildman–Crippen MR) is 77.5 cm³/mol. The molecule has 1 saturated heterocycles. The minimum absolute atomic E-state index is 0.00677. The molecule has 1 aliphatic rings. The molecule has 1 amide bonds.